The highest BCUT2D eigenvalue weighted by atomic mass is 19.4. The van der Waals surface area contributed by atoms with Crippen LogP contribution in [-0.4, -0.2) is 31.3 Å². The van der Waals surface area contributed by atoms with E-state index >= 15 is 0 Å². The van der Waals surface area contributed by atoms with Crippen LogP contribution >= 0.6 is 0 Å². The molecule has 0 aliphatic carbocycles. The summed E-state index contributed by atoms with van der Waals surface area (Å²) in [5, 5.41) is 4.93. The third kappa shape index (κ3) is 4.35. The Morgan fingerprint density at radius 3 is 2.86 bits per heavy atom. The second kappa shape index (κ2) is 6.34. The average molecular weight is 302 g/mol. The number of benzene rings is 1. The lowest BCUT2D eigenvalue weighted by atomic mass is 10.00. The molecule has 0 spiro atoms. The van der Waals surface area contributed by atoms with Crippen molar-refractivity contribution in [1.82, 2.24) is 10.6 Å². The molecule has 0 aromatic heterocycles. The van der Waals surface area contributed by atoms with Gasteiger partial charge in [-0.05, 0) is 13.0 Å². The van der Waals surface area contributed by atoms with E-state index in [1.807, 2.05) is 29.6 Å². The lowest BCUT2D eigenvalue weighted by Crippen LogP contribution is -2.46. The minimum atomic E-state index is -4.40. The Labute approximate surface area is 120 Å². The second-order valence-electron chi connectivity index (χ2n) is 4.95. The summed E-state index contributed by atoms with van der Waals surface area (Å²) in [5.41, 5.74) is 0.916. The van der Waals surface area contributed by atoms with Crippen molar-refractivity contribution in [2.45, 2.75) is 31.6 Å². The summed E-state index contributed by atoms with van der Waals surface area (Å²) in [6, 6.07) is 6.59. The van der Waals surface area contributed by atoms with Gasteiger partial charge in [0.05, 0.1) is 12.6 Å². The smallest absolute Gasteiger partial charge is 0.405 e. The molecule has 0 fully saturated rings. The largest absolute Gasteiger partial charge is 0.493 e. The van der Waals surface area contributed by atoms with Crippen LogP contribution in [0.15, 0.2) is 24.3 Å². The lowest BCUT2D eigenvalue weighted by Gasteiger charge is -2.29. The van der Waals surface area contributed by atoms with Crippen LogP contribution in [0.2, 0.25) is 0 Å². The molecule has 7 heteroatoms. The summed E-state index contributed by atoms with van der Waals surface area (Å²) in [6.45, 7) is 0.734. The summed E-state index contributed by atoms with van der Waals surface area (Å²) >= 11 is 0. The van der Waals surface area contributed by atoms with E-state index < -0.39 is 24.7 Å². The number of halogens is 3. The number of hydrogen-bond donors (Lipinski definition) is 2. The maximum atomic E-state index is 12.1. The molecule has 1 aromatic carbocycles. The highest BCUT2D eigenvalue weighted by Gasteiger charge is 2.30. The van der Waals surface area contributed by atoms with E-state index in [0.717, 1.165) is 11.3 Å². The second-order valence-corrected chi connectivity index (χ2v) is 4.95. The third-order valence-corrected chi connectivity index (χ3v) is 3.27. The number of alkyl halides is 3. The highest BCUT2D eigenvalue weighted by molar-refractivity contribution is 5.81. The summed E-state index contributed by atoms with van der Waals surface area (Å²) < 4.78 is 41.7. The van der Waals surface area contributed by atoms with Crippen molar-refractivity contribution in [1.29, 1.82) is 0 Å². The number of hydrogen-bond acceptors (Lipinski definition) is 3. The molecule has 0 bridgehead atoms. The number of nitrogens with one attached hydrogen (secondary N) is 2. The van der Waals surface area contributed by atoms with E-state index in [4.69, 9.17) is 4.74 Å². The summed E-state index contributed by atoms with van der Waals surface area (Å²) in [6.07, 6.45) is -3.74. The van der Waals surface area contributed by atoms with E-state index in [0.29, 0.717) is 13.0 Å². The highest BCUT2D eigenvalue weighted by Crippen LogP contribution is 2.31. The minimum Gasteiger partial charge on any atom is -0.493 e. The van der Waals surface area contributed by atoms with Crippen LogP contribution in [0.4, 0.5) is 13.2 Å². The van der Waals surface area contributed by atoms with Gasteiger partial charge >= 0.3 is 6.18 Å². The Morgan fingerprint density at radius 2 is 2.14 bits per heavy atom. The van der Waals surface area contributed by atoms with E-state index in [2.05, 4.69) is 5.32 Å². The van der Waals surface area contributed by atoms with Crippen LogP contribution in [0.3, 0.4) is 0 Å². The van der Waals surface area contributed by atoms with E-state index in [9.17, 15) is 18.0 Å². The number of rotatable bonds is 4. The van der Waals surface area contributed by atoms with Crippen LogP contribution in [0.25, 0.3) is 0 Å². The molecule has 4 nitrogen and oxygen atoms in total. The van der Waals surface area contributed by atoms with Crippen molar-refractivity contribution in [3.63, 3.8) is 0 Å². The molecule has 2 unspecified atom stereocenters. The average Bonchev–Trinajstić information content (AvgIpc) is 2.44. The Bertz CT molecular complexity index is 505. The van der Waals surface area contributed by atoms with E-state index in [1.54, 1.807) is 6.92 Å². The number of ether oxygens (including phenoxy) is 1. The minimum absolute atomic E-state index is 0.110. The first-order valence-corrected chi connectivity index (χ1v) is 6.69. The molecule has 2 N–H and O–H groups in total. The molecule has 21 heavy (non-hydrogen) atoms. The Kier molecular flexibility index (Phi) is 4.72. The number of amides is 1. The zero-order valence-corrected chi connectivity index (χ0v) is 11.5. The Balaban J connectivity index is 1.94. The fourth-order valence-electron chi connectivity index (χ4n) is 2.23. The van der Waals surface area contributed by atoms with E-state index in [1.165, 1.54) is 0 Å². The maximum absolute atomic E-state index is 12.1. The van der Waals surface area contributed by atoms with Crippen molar-refractivity contribution >= 4 is 5.91 Å². The van der Waals surface area contributed by atoms with Gasteiger partial charge in [-0.1, -0.05) is 18.2 Å². The zero-order valence-electron chi connectivity index (χ0n) is 11.5. The molecule has 1 aromatic rings. The number of para-hydroxylation sites is 1. The first kappa shape index (κ1) is 15.6. The first-order valence-electron chi connectivity index (χ1n) is 6.69. The van der Waals surface area contributed by atoms with Crippen LogP contribution in [0, 0.1) is 0 Å². The molecule has 1 aliphatic heterocycles. The number of carbonyl (C=O) groups is 1. The zero-order chi connectivity index (χ0) is 15.5. The molecule has 1 aliphatic rings. The molecule has 1 amide bonds. The van der Waals surface area contributed by atoms with Crippen LogP contribution < -0.4 is 15.4 Å². The van der Waals surface area contributed by atoms with Gasteiger partial charge in [0.25, 0.3) is 0 Å². The molecular weight excluding hydrogens is 285 g/mol. The SMILES string of the molecule is CC(NC1CCOc2ccccc21)C(=O)NCC(F)(F)F. The quantitative estimate of drug-likeness (QED) is 0.896. The number of fused-ring (bicyclic) bond motifs is 1. The topological polar surface area (TPSA) is 50.4 Å². The summed E-state index contributed by atoms with van der Waals surface area (Å²) in [7, 11) is 0. The van der Waals surface area contributed by atoms with Crippen molar-refractivity contribution < 1.29 is 22.7 Å². The molecule has 0 radical (unpaired) electrons. The fraction of sp³-hybridized carbons (Fsp3) is 0.500. The van der Waals surface area contributed by atoms with Crippen molar-refractivity contribution in [3.8, 4) is 5.75 Å². The molecule has 0 saturated heterocycles. The van der Waals surface area contributed by atoms with Gasteiger partial charge in [-0.25, -0.2) is 0 Å². The molecule has 2 rings (SSSR count). The predicted octanol–water partition coefficient (Wildman–Crippen LogP) is 2.17. The van der Waals surface area contributed by atoms with Gasteiger partial charge < -0.3 is 10.1 Å². The lowest BCUT2D eigenvalue weighted by molar-refractivity contribution is -0.139. The van der Waals surface area contributed by atoms with Gasteiger partial charge in [0.15, 0.2) is 0 Å². The predicted molar refractivity (Wildman–Crippen MR) is 71.0 cm³/mol. The van der Waals surface area contributed by atoms with Gasteiger partial charge in [-0.3, -0.25) is 10.1 Å². The normalized spacial score (nSPS) is 19.3. The van der Waals surface area contributed by atoms with Crippen molar-refractivity contribution in [3.05, 3.63) is 29.8 Å². The molecule has 2 atom stereocenters. The van der Waals surface area contributed by atoms with Gasteiger partial charge in [-0.2, -0.15) is 13.2 Å². The van der Waals surface area contributed by atoms with Gasteiger partial charge in [0, 0.05) is 18.0 Å². The number of carbonyl (C=O) groups excluding carboxylic acids is 1. The molecule has 1 heterocycles. The van der Waals surface area contributed by atoms with Crippen LogP contribution in [0.1, 0.15) is 24.9 Å². The van der Waals surface area contributed by atoms with E-state index in [-0.39, 0.29) is 6.04 Å². The third-order valence-electron chi connectivity index (χ3n) is 3.27. The molecule has 0 saturated carbocycles. The Morgan fingerprint density at radius 1 is 1.43 bits per heavy atom. The summed E-state index contributed by atoms with van der Waals surface area (Å²) in [4.78, 5) is 11.7. The monoisotopic (exact) mass is 302 g/mol. The van der Waals surface area contributed by atoms with Gasteiger partial charge in [0.2, 0.25) is 5.91 Å². The fourth-order valence-corrected chi connectivity index (χ4v) is 2.23. The van der Waals surface area contributed by atoms with Crippen LogP contribution in [-0.2, 0) is 4.79 Å². The summed E-state index contributed by atoms with van der Waals surface area (Å²) in [5.74, 6) is 0.0699. The van der Waals surface area contributed by atoms with Crippen molar-refractivity contribution in [2.24, 2.45) is 0 Å². The first-order chi connectivity index (χ1) is 9.87. The van der Waals surface area contributed by atoms with Crippen LogP contribution in [0.5, 0.6) is 5.75 Å². The molecule has 116 valence electrons. The standard InChI is InChI=1S/C14H17F3N2O2/c1-9(13(20)18-8-14(15,16)17)19-11-6-7-21-12-5-3-2-4-10(11)12/h2-5,9,11,19H,6-8H2,1H3,(H,18,20). The van der Waals surface area contributed by atoms with Gasteiger partial charge in [0.1, 0.15) is 12.3 Å². The maximum Gasteiger partial charge on any atom is 0.405 e. The van der Waals surface area contributed by atoms with Crippen molar-refractivity contribution in [2.75, 3.05) is 13.2 Å². The molecular formula is C14H17F3N2O2. The Hall–Kier alpha value is -1.76. The van der Waals surface area contributed by atoms with Gasteiger partial charge in [-0.15, -0.1) is 0 Å².